The van der Waals surface area contributed by atoms with Gasteiger partial charge in [0.1, 0.15) is 0 Å². The van der Waals surface area contributed by atoms with Crippen molar-refractivity contribution in [3.8, 4) is 11.1 Å². The predicted octanol–water partition coefficient (Wildman–Crippen LogP) is 6.72. The van der Waals surface area contributed by atoms with Crippen molar-refractivity contribution in [3.63, 3.8) is 0 Å². The number of aryl methyl sites for hydroxylation is 1. The Morgan fingerprint density at radius 3 is 2.26 bits per heavy atom. The van der Waals surface area contributed by atoms with E-state index in [1.807, 2.05) is 19.1 Å². The van der Waals surface area contributed by atoms with Crippen LogP contribution >= 0.6 is 15.9 Å². The summed E-state index contributed by atoms with van der Waals surface area (Å²) in [5.41, 5.74) is 0.852. The highest BCUT2D eigenvalue weighted by molar-refractivity contribution is 9.10. The van der Waals surface area contributed by atoms with E-state index < -0.39 is 17.7 Å². The van der Waals surface area contributed by atoms with E-state index >= 15 is 0 Å². The van der Waals surface area contributed by atoms with Gasteiger partial charge in [-0.1, -0.05) is 53.5 Å². The monoisotopic (exact) mass is 392 g/mol. The Kier molecular flexibility index (Phi) is 5.14. The molecule has 2 rings (SSSR count). The molecule has 23 heavy (non-hydrogen) atoms. The third-order valence-corrected chi connectivity index (χ3v) is 3.98. The standard InChI is InChI=1S/C17H14BrF5/c1-2-4-11-7-8-14(18)10-15(11)12-5-3-6-13(9-12)16(19,20)17(21,22)23/h3,5-10H,2,4H2,1H3. The average molecular weight is 393 g/mol. The lowest BCUT2D eigenvalue weighted by molar-refractivity contribution is -0.289. The van der Waals surface area contributed by atoms with Crippen molar-refractivity contribution in [2.24, 2.45) is 0 Å². The zero-order chi connectivity index (χ0) is 17.3. The lowest BCUT2D eigenvalue weighted by atomic mass is 9.94. The van der Waals surface area contributed by atoms with Gasteiger partial charge in [0.25, 0.3) is 0 Å². The first-order chi connectivity index (χ1) is 10.7. The molecular formula is C17H14BrF5. The SMILES string of the molecule is CCCc1ccc(Br)cc1-c1cccc(C(F)(F)C(F)(F)F)c1. The van der Waals surface area contributed by atoms with E-state index in [1.54, 1.807) is 6.07 Å². The quantitative estimate of drug-likeness (QED) is 0.506. The number of rotatable bonds is 4. The third kappa shape index (κ3) is 3.74. The van der Waals surface area contributed by atoms with Crippen LogP contribution in [0.15, 0.2) is 46.9 Å². The minimum absolute atomic E-state index is 0.344. The summed E-state index contributed by atoms with van der Waals surface area (Å²) in [5.74, 6) is -4.88. The summed E-state index contributed by atoms with van der Waals surface area (Å²) in [4.78, 5) is 0. The van der Waals surface area contributed by atoms with E-state index in [-0.39, 0.29) is 0 Å². The molecule has 0 aliphatic rings. The molecule has 0 nitrogen and oxygen atoms in total. The summed E-state index contributed by atoms with van der Waals surface area (Å²) in [6.07, 6.45) is -4.06. The molecule has 0 spiro atoms. The molecule has 0 saturated heterocycles. The largest absolute Gasteiger partial charge is 0.458 e. The van der Waals surface area contributed by atoms with E-state index in [4.69, 9.17) is 0 Å². The first kappa shape index (κ1) is 17.9. The van der Waals surface area contributed by atoms with Gasteiger partial charge < -0.3 is 0 Å². The van der Waals surface area contributed by atoms with Crippen LogP contribution in [0, 0.1) is 0 Å². The van der Waals surface area contributed by atoms with Crippen molar-refractivity contribution in [2.75, 3.05) is 0 Å². The molecule has 6 heteroatoms. The van der Waals surface area contributed by atoms with Crippen molar-refractivity contribution in [2.45, 2.75) is 31.9 Å². The average Bonchev–Trinajstić information content (AvgIpc) is 2.48. The van der Waals surface area contributed by atoms with Gasteiger partial charge in [0.2, 0.25) is 0 Å². The normalized spacial score (nSPS) is 12.5. The highest BCUT2D eigenvalue weighted by Crippen LogP contribution is 2.44. The van der Waals surface area contributed by atoms with E-state index in [1.165, 1.54) is 12.1 Å². The molecular weight excluding hydrogens is 379 g/mol. The molecule has 0 bridgehead atoms. The predicted molar refractivity (Wildman–Crippen MR) is 83.5 cm³/mol. The van der Waals surface area contributed by atoms with Gasteiger partial charge in [-0.15, -0.1) is 0 Å². The van der Waals surface area contributed by atoms with E-state index in [0.29, 0.717) is 17.5 Å². The molecule has 0 amide bonds. The zero-order valence-electron chi connectivity index (χ0n) is 12.2. The first-order valence-corrected chi connectivity index (χ1v) is 7.80. The molecule has 0 atom stereocenters. The number of alkyl halides is 5. The Balaban J connectivity index is 2.55. The van der Waals surface area contributed by atoms with Crippen LogP contribution in [0.25, 0.3) is 11.1 Å². The summed E-state index contributed by atoms with van der Waals surface area (Å²) in [6, 6.07) is 9.87. The van der Waals surface area contributed by atoms with Crippen molar-refractivity contribution < 1.29 is 22.0 Å². The van der Waals surface area contributed by atoms with E-state index in [9.17, 15) is 22.0 Å². The lowest BCUT2D eigenvalue weighted by Gasteiger charge is -2.21. The van der Waals surface area contributed by atoms with Crippen LogP contribution in [0.4, 0.5) is 22.0 Å². The number of halogens is 6. The Morgan fingerprint density at radius 2 is 1.65 bits per heavy atom. The maximum absolute atomic E-state index is 13.6. The zero-order valence-corrected chi connectivity index (χ0v) is 13.8. The van der Waals surface area contributed by atoms with Crippen LogP contribution in [0.5, 0.6) is 0 Å². The second kappa shape index (κ2) is 6.59. The number of hydrogen-bond acceptors (Lipinski definition) is 0. The van der Waals surface area contributed by atoms with Gasteiger partial charge in [-0.05, 0) is 41.3 Å². The summed E-state index contributed by atoms with van der Waals surface area (Å²) in [6.45, 7) is 1.97. The first-order valence-electron chi connectivity index (χ1n) is 7.00. The van der Waals surface area contributed by atoms with Gasteiger partial charge in [0.15, 0.2) is 0 Å². The summed E-state index contributed by atoms with van der Waals surface area (Å²) in [5, 5.41) is 0. The third-order valence-electron chi connectivity index (χ3n) is 3.48. The minimum Gasteiger partial charge on any atom is -0.191 e. The Morgan fingerprint density at radius 1 is 0.957 bits per heavy atom. The van der Waals surface area contributed by atoms with Crippen LogP contribution in [0.2, 0.25) is 0 Å². The fraction of sp³-hybridized carbons (Fsp3) is 0.294. The fourth-order valence-corrected chi connectivity index (χ4v) is 2.71. The van der Waals surface area contributed by atoms with Gasteiger partial charge in [0.05, 0.1) is 0 Å². The molecule has 124 valence electrons. The van der Waals surface area contributed by atoms with Gasteiger partial charge in [-0.2, -0.15) is 22.0 Å². The van der Waals surface area contributed by atoms with Crippen molar-refractivity contribution in [1.82, 2.24) is 0 Å². The molecule has 0 fully saturated rings. The Bertz CT molecular complexity index is 692. The van der Waals surface area contributed by atoms with Gasteiger partial charge >= 0.3 is 12.1 Å². The van der Waals surface area contributed by atoms with E-state index in [2.05, 4.69) is 15.9 Å². The van der Waals surface area contributed by atoms with Crippen molar-refractivity contribution in [3.05, 3.63) is 58.1 Å². The highest BCUT2D eigenvalue weighted by Gasteiger charge is 2.58. The van der Waals surface area contributed by atoms with Crippen LogP contribution < -0.4 is 0 Å². The van der Waals surface area contributed by atoms with Crippen LogP contribution in [0.1, 0.15) is 24.5 Å². The number of benzene rings is 2. The number of hydrogen-bond donors (Lipinski definition) is 0. The summed E-state index contributed by atoms with van der Waals surface area (Å²) < 4.78 is 65.5. The van der Waals surface area contributed by atoms with Gasteiger partial charge in [-0.25, -0.2) is 0 Å². The van der Waals surface area contributed by atoms with Crippen LogP contribution in [-0.4, -0.2) is 6.18 Å². The summed E-state index contributed by atoms with van der Waals surface area (Å²) in [7, 11) is 0. The molecule has 0 heterocycles. The molecule has 0 N–H and O–H groups in total. The molecule has 0 unspecified atom stereocenters. The maximum Gasteiger partial charge on any atom is 0.458 e. The Hall–Kier alpha value is -1.43. The molecule has 0 aliphatic heterocycles. The summed E-state index contributed by atoms with van der Waals surface area (Å²) >= 11 is 3.31. The topological polar surface area (TPSA) is 0 Å². The maximum atomic E-state index is 13.6. The lowest BCUT2D eigenvalue weighted by Crippen LogP contribution is -2.33. The molecule has 2 aromatic rings. The molecule has 0 aliphatic carbocycles. The molecule has 0 saturated carbocycles. The van der Waals surface area contributed by atoms with E-state index in [0.717, 1.165) is 28.6 Å². The fourth-order valence-electron chi connectivity index (χ4n) is 2.35. The highest BCUT2D eigenvalue weighted by atomic mass is 79.9. The van der Waals surface area contributed by atoms with Gasteiger partial charge in [-0.3, -0.25) is 0 Å². The second-order valence-electron chi connectivity index (χ2n) is 5.20. The van der Waals surface area contributed by atoms with Crippen molar-refractivity contribution >= 4 is 15.9 Å². The van der Waals surface area contributed by atoms with Crippen molar-refractivity contribution in [1.29, 1.82) is 0 Å². The van der Waals surface area contributed by atoms with Gasteiger partial charge in [0, 0.05) is 10.0 Å². The smallest absolute Gasteiger partial charge is 0.191 e. The molecule has 0 radical (unpaired) electrons. The Labute approximate surface area is 139 Å². The minimum atomic E-state index is -5.62. The van der Waals surface area contributed by atoms with Crippen LogP contribution in [-0.2, 0) is 12.3 Å². The molecule has 0 aromatic heterocycles. The van der Waals surface area contributed by atoms with Crippen LogP contribution in [0.3, 0.4) is 0 Å². The second-order valence-corrected chi connectivity index (χ2v) is 6.12. The molecule has 2 aromatic carbocycles.